The predicted octanol–water partition coefficient (Wildman–Crippen LogP) is 3.11. The van der Waals surface area contributed by atoms with Gasteiger partial charge in [0.25, 0.3) is 0 Å². The van der Waals surface area contributed by atoms with Gasteiger partial charge < -0.3 is 16.0 Å². The molecule has 0 saturated carbocycles. The summed E-state index contributed by atoms with van der Waals surface area (Å²) >= 11 is 1.71. The third kappa shape index (κ3) is 5.16. The number of hydrogen-bond donors (Lipinski definition) is 3. The van der Waals surface area contributed by atoms with Crippen LogP contribution in [0.4, 0.5) is 5.69 Å². The molecule has 0 spiro atoms. The van der Waals surface area contributed by atoms with Gasteiger partial charge in [-0.2, -0.15) is 0 Å². The predicted molar refractivity (Wildman–Crippen MR) is 118 cm³/mol. The van der Waals surface area contributed by atoms with E-state index in [0.29, 0.717) is 19.5 Å². The maximum Gasteiger partial charge on any atom is 0.225 e. The Hall–Kier alpha value is -1.68. The van der Waals surface area contributed by atoms with E-state index >= 15 is 0 Å². The van der Waals surface area contributed by atoms with E-state index in [9.17, 15) is 4.79 Å². The number of amides is 1. The Morgan fingerprint density at radius 3 is 2.92 bits per heavy atom. The summed E-state index contributed by atoms with van der Waals surface area (Å²) in [4.78, 5) is 21.8. The molecular weight excluding hydrogens is 461 g/mol. The van der Waals surface area contributed by atoms with Crippen LogP contribution in [0.3, 0.4) is 0 Å². The number of fused-ring (bicyclic) bond motifs is 1. The first-order valence-corrected chi connectivity index (χ1v) is 9.28. The van der Waals surface area contributed by atoms with Gasteiger partial charge in [0.1, 0.15) is 5.01 Å². The fourth-order valence-electron chi connectivity index (χ4n) is 2.88. The van der Waals surface area contributed by atoms with E-state index in [1.165, 1.54) is 4.88 Å². The normalized spacial score (nSPS) is 16.3. The van der Waals surface area contributed by atoms with Crippen LogP contribution in [-0.4, -0.2) is 30.4 Å². The first kappa shape index (κ1) is 20.6. The van der Waals surface area contributed by atoms with Gasteiger partial charge in [0.2, 0.25) is 5.91 Å². The lowest BCUT2D eigenvalue weighted by atomic mass is 9.90. The summed E-state index contributed by atoms with van der Waals surface area (Å²) in [6.45, 7) is 3.43. The highest BCUT2D eigenvalue weighted by Crippen LogP contribution is 2.31. The first-order chi connectivity index (χ1) is 12.2. The summed E-state index contributed by atoms with van der Waals surface area (Å²) < 4.78 is 0. The van der Waals surface area contributed by atoms with Crippen LogP contribution in [-0.2, 0) is 17.8 Å². The van der Waals surface area contributed by atoms with E-state index in [2.05, 4.69) is 38.9 Å². The standard InChI is InChI=1S/C18H23N5OS.HI/c1-3-13-10-20-17(25-13)11-22-18(19-2)21-9-12-8-16(24)23-15-7-5-4-6-14(12)15;/h4-7,10,12H,3,8-9,11H2,1-2H3,(H,23,24)(H2,19,21,22);1H. The third-order valence-electron chi connectivity index (χ3n) is 4.20. The van der Waals surface area contributed by atoms with Crippen molar-refractivity contribution < 1.29 is 4.79 Å². The number of halogens is 1. The number of guanidine groups is 1. The average molecular weight is 485 g/mol. The second-order valence-corrected chi connectivity index (χ2v) is 7.12. The molecule has 2 aromatic rings. The first-order valence-electron chi connectivity index (χ1n) is 8.46. The van der Waals surface area contributed by atoms with Gasteiger partial charge in [-0.1, -0.05) is 25.1 Å². The van der Waals surface area contributed by atoms with Crippen molar-refractivity contribution in [2.75, 3.05) is 18.9 Å². The zero-order valence-electron chi connectivity index (χ0n) is 14.9. The van der Waals surface area contributed by atoms with Crippen molar-refractivity contribution in [2.24, 2.45) is 4.99 Å². The summed E-state index contributed by atoms with van der Waals surface area (Å²) in [6.07, 6.45) is 3.41. The summed E-state index contributed by atoms with van der Waals surface area (Å²) in [5.41, 5.74) is 2.07. The Morgan fingerprint density at radius 1 is 1.38 bits per heavy atom. The molecule has 0 bridgehead atoms. The molecule has 1 amide bonds. The molecule has 1 unspecified atom stereocenters. The highest BCUT2D eigenvalue weighted by atomic mass is 127. The highest BCUT2D eigenvalue weighted by Gasteiger charge is 2.24. The second kappa shape index (κ2) is 9.86. The Kier molecular flexibility index (Phi) is 7.83. The molecular formula is C18H24IN5OS. The number of rotatable bonds is 5. The number of nitrogens with one attached hydrogen (secondary N) is 3. The highest BCUT2D eigenvalue weighted by molar-refractivity contribution is 14.0. The number of hydrogen-bond acceptors (Lipinski definition) is 4. The minimum Gasteiger partial charge on any atom is -0.356 e. The van der Waals surface area contributed by atoms with Crippen molar-refractivity contribution >= 4 is 52.9 Å². The molecule has 0 radical (unpaired) electrons. The van der Waals surface area contributed by atoms with E-state index in [1.54, 1.807) is 18.4 Å². The number of aryl methyl sites for hydroxylation is 1. The molecule has 26 heavy (non-hydrogen) atoms. The molecule has 0 saturated heterocycles. The number of nitrogens with zero attached hydrogens (tertiary/aromatic N) is 2. The van der Waals surface area contributed by atoms with Crippen LogP contribution >= 0.6 is 35.3 Å². The summed E-state index contributed by atoms with van der Waals surface area (Å²) in [5, 5.41) is 10.6. The third-order valence-corrected chi connectivity index (χ3v) is 5.34. The molecule has 1 atom stereocenters. The number of aromatic nitrogens is 1. The van der Waals surface area contributed by atoms with Gasteiger partial charge in [-0.15, -0.1) is 35.3 Å². The topological polar surface area (TPSA) is 78.4 Å². The van der Waals surface area contributed by atoms with Crippen molar-refractivity contribution in [3.63, 3.8) is 0 Å². The molecule has 8 heteroatoms. The van der Waals surface area contributed by atoms with E-state index in [4.69, 9.17) is 0 Å². The Balaban J connectivity index is 0.00000243. The number of thiazole rings is 1. The van der Waals surface area contributed by atoms with E-state index < -0.39 is 0 Å². The molecule has 3 rings (SSSR count). The fraction of sp³-hybridized carbons (Fsp3) is 0.389. The molecule has 1 aliphatic rings. The summed E-state index contributed by atoms with van der Waals surface area (Å²) in [6, 6.07) is 7.96. The fourth-order valence-corrected chi connectivity index (χ4v) is 3.68. The Labute approximate surface area is 174 Å². The SMILES string of the molecule is CCc1cnc(CNC(=NC)NCC2CC(=O)Nc3ccccc32)s1.I. The van der Waals surface area contributed by atoms with Crippen LogP contribution in [0.25, 0.3) is 0 Å². The molecule has 3 N–H and O–H groups in total. The van der Waals surface area contributed by atoms with Gasteiger partial charge in [-0.05, 0) is 18.1 Å². The molecule has 1 aromatic carbocycles. The van der Waals surface area contributed by atoms with Crippen molar-refractivity contribution in [3.8, 4) is 0 Å². The molecule has 1 aromatic heterocycles. The smallest absolute Gasteiger partial charge is 0.225 e. The van der Waals surface area contributed by atoms with Crippen molar-refractivity contribution in [1.82, 2.24) is 15.6 Å². The maximum atomic E-state index is 11.9. The lowest BCUT2D eigenvalue weighted by Crippen LogP contribution is -2.40. The average Bonchev–Trinajstić information content (AvgIpc) is 3.09. The van der Waals surface area contributed by atoms with Gasteiger partial charge in [0, 0.05) is 42.7 Å². The lowest BCUT2D eigenvalue weighted by molar-refractivity contribution is -0.116. The number of para-hydroxylation sites is 1. The quantitative estimate of drug-likeness (QED) is 0.346. The lowest BCUT2D eigenvalue weighted by Gasteiger charge is -2.26. The van der Waals surface area contributed by atoms with Crippen molar-refractivity contribution in [2.45, 2.75) is 32.2 Å². The number of carbonyl (C=O) groups is 1. The Morgan fingerprint density at radius 2 is 2.19 bits per heavy atom. The number of benzene rings is 1. The number of aliphatic imine (C=N–C) groups is 1. The molecule has 0 fully saturated rings. The summed E-state index contributed by atoms with van der Waals surface area (Å²) in [5.74, 6) is 0.912. The molecule has 1 aliphatic heterocycles. The second-order valence-electron chi connectivity index (χ2n) is 5.92. The Bertz CT molecular complexity index is 776. The number of anilines is 1. The van der Waals surface area contributed by atoms with E-state index in [0.717, 1.165) is 28.6 Å². The zero-order chi connectivity index (χ0) is 17.6. The van der Waals surface area contributed by atoms with E-state index in [1.807, 2.05) is 24.4 Å². The molecule has 6 nitrogen and oxygen atoms in total. The largest absolute Gasteiger partial charge is 0.356 e. The van der Waals surface area contributed by atoms with Crippen LogP contribution in [0.1, 0.15) is 34.7 Å². The number of carbonyl (C=O) groups excluding carboxylic acids is 1. The van der Waals surface area contributed by atoms with Crippen LogP contribution in [0.5, 0.6) is 0 Å². The van der Waals surface area contributed by atoms with Gasteiger partial charge in [-0.3, -0.25) is 9.79 Å². The van der Waals surface area contributed by atoms with Crippen molar-refractivity contribution in [1.29, 1.82) is 0 Å². The van der Waals surface area contributed by atoms with Gasteiger partial charge in [-0.25, -0.2) is 4.98 Å². The van der Waals surface area contributed by atoms with Gasteiger partial charge in [0.15, 0.2) is 5.96 Å². The monoisotopic (exact) mass is 485 g/mol. The van der Waals surface area contributed by atoms with Crippen LogP contribution in [0, 0.1) is 0 Å². The maximum absolute atomic E-state index is 11.9. The van der Waals surface area contributed by atoms with Gasteiger partial charge in [0.05, 0.1) is 6.54 Å². The molecule has 140 valence electrons. The van der Waals surface area contributed by atoms with E-state index in [-0.39, 0.29) is 35.8 Å². The van der Waals surface area contributed by atoms with Crippen LogP contribution < -0.4 is 16.0 Å². The van der Waals surface area contributed by atoms with Gasteiger partial charge >= 0.3 is 0 Å². The molecule has 2 heterocycles. The minimum absolute atomic E-state index is 0. The zero-order valence-corrected chi connectivity index (χ0v) is 18.1. The minimum atomic E-state index is 0. The molecule has 0 aliphatic carbocycles. The van der Waals surface area contributed by atoms with Crippen molar-refractivity contribution in [3.05, 3.63) is 45.9 Å². The van der Waals surface area contributed by atoms with Crippen LogP contribution in [0.2, 0.25) is 0 Å². The summed E-state index contributed by atoms with van der Waals surface area (Å²) in [7, 11) is 1.75. The van der Waals surface area contributed by atoms with Crippen LogP contribution in [0.15, 0.2) is 35.5 Å².